The number of pyridine rings is 1. The van der Waals surface area contributed by atoms with Gasteiger partial charge in [0.15, 0.2) is 0 Å². The molecule has 8 heteroatoms. The van der Waals surface area contributed by atoms with Crippen LogP contribution in [-0.2, 0) is 6.18 Å². The Labute approximate surface area is 152 Å². The number of halogens is 3. The second-order valence-electron chi connectivity index (χ2n) is 6.81. The van der Waals surface area contributed by atoms with Crippen LogP contribution in [0.2, 0.25) is 0 Å². The fourth-order valence-corrected chi connectivity index (χ4v) is 3.34. The summed E-state index contributed by atoms with van der Waals surface area (Å²) in [4.78, 5) is 3.56. The lowest BCUT2D eigenvalue weighted by Gasteiger charge is -2.33. The van der Waals surface area contributed by atoms with E-state index < -0.39 is 11.9 Å². The molecule has 4 nitrogen and oxygen atoms in total. The number of rotatable bonds is 7. The highest BCUT2D eigenvalue weighted by molar-refractivity contribution is 7.98. The zero-order valence-electron chi connectivity index (χ0n) is 15.3. The van der Waals surface area contributed by atoms with Crippen LogP contribution in [-0.4, -0.2) is 35.6 Å². The van der Waals surface area contributed by atoms with Crippen molar-refractivity contribution >= 4 is 11.8 Å². The number of nitrogens with one attached hydrogen (secondary N) is 1. The van der Waals surface area contributed by atoms with Crippen molar-refractivity contribution in [1.29, 1.82) is 0 Å². The molecule has 1 atom stereocenters. The smallest absolute Gasteiger partial charge is 0.403 e. The number of hydrogen-bond donors (Lipinski definition) is 2. The maximum Gasteiger partial charge on any atom is 0.433 e. The third-order valence-electron chi connectivity index (χ3n) is 3.78. The van der Waals surface area contributed by atoms with E-state index >= 15 is 0 Å². The minimum absolute atomic E-state index is 0.184. The molecule has 0 saturated heterocycles. The number of nitrogens with zero attached hydrogens (tertiary/aromatic N) is 2. The molecule has 1 rings (SSSR count). The van der Waals surface area contributed by atoms with Crippen LogP contribution in [0.3, 0.4) is 0 Å². The van der Waals surface area contributed by atoms with Crippen LogP contribution in [0.25, 0.3) is 0 Å². The summed E-state index contributed by atoms with van der Waals surface area (Å²) in [6.07, 6.45) is 0.103. The van der Waals surface area contributed by atoms with E-state index in [0.717, 1.165) is 5.70 Å². The first-order valence-electron chi connectivity index (χ1n) is 7.93. The van der Waals surface area contributed by atoms with Crippen molar-refractivity contribution in [2.45, 2.75) is 32.9 Å². The van der Waals surface area contributed by atoms with Crippen LogP contribution in [0.4, 0.5) is 13.2 Å². The van der Waals surface area contributed by atoms with E-state index in [9.17, 15) is 13.2 Å². The van der Waals surface area contributed by atoms with Gasteiger partial charge in [-0.25, -0.2) is 5.43 Å². The average molecular weight is 376 g/mol. The van der Waals surface area contributed by atoms with Crippen molar-refractivity contribution in [2.24, 2.45) is 11.1 Å². The molecule has 0 aliphatic rings. The van der Waals surface area contributed by atoms with Gasteiger partial charge in [0, 0.05) is 48.8 Å². The van der Waals surface area contributed by atoms with Gasteiger partial charge in [0.25, 0.3) is 0 Å². The van der Waals surface area contributed by atoms with Gasteiger partial charge in [-0.2, -0.15) is 24.9 Å². The van der Waals surface area contributed by atoms with Crippen LogP contribution in [0.5, 0.6) is 0 Å². The summed E-state index contributed by atoms with van der Waals surface area (Å²) in [5.74, 6) is 0.217. The maximum atomic E-state index is 13.3. The van der Waals surface area contributed by atoms with Gasteiger partial charge in [-0.05, 0) is 17.9 Å². The van der Waals surface area contributed by atoms with Gasteiger partial charge in [-0.1, -0.05) is 26.8 Å². The molecule has 0 aliphatic carbocycles. The summed E-state index contributed by atoms with van der Waals surface area (Å²) in [5, 5.41) is 1.77. The van der Waals surface area contributed by atoms with E-state index in [-0.39, 0.29) is 16.9 Å². The fourth-order valence-electron chi connectivity index (χ4n) is 2.64. The quantitative estimate of drug-likeness (QED) is 0.709. The molecular formula is C17H27F3N4S. The summed E-state index contributed by atoms with van der Waals surface area (Å²) in [5.41, 5.74) is 8.96. The Morgan fingerprint density at radius 2 is 2.04 bits per heavy atom. The minimum Gasteiger partial charge on any atom is -0.403 e. The van der Waals surface area contributed by atoms with Crippen molar-refractivity contribution < 1.29 is 13.2 Å². The maximum absolute atomic E-state index is 13.3. The topological polar surface area (TPSA) is 54.2 Å². The van der Waals surface area contributed by atoms with E-state index in [4.69, 9.17) is 5.73 Å². The van der Waals surface area contributed by atoms with Gasteiger partial charge in [0.2, 0.25) is 0 Å². The van der Waals surface area contributed by atoms with E-state index in [1.807, 2.05) is 34.1 Å². The molecule has 0 amide bonds. The molecule has 1 aromatic rings. The standard InChI is InChI=1S/C17H27F3N4S/c1-16(2,3)14(9-21)24(4)23-10-12(11-25-5)13-7-6-8-22-15(13)17(18,19)20/h6-9,12,23H,10-11,21H2,1-5H3/b14-9-/t12-/m1/s1. The lowest BCUT2D eigenvalue weighted by Crippen LogP contribution is -2.41. The highest BCUT2D eigenvalue weighted by Crippen LogP contribution is 2.34. The van der Waals surface area contributed by atoms with Crippen molar-refractivity contribution in [3.63, 3.8) is 0 Å². The van der Waals surface area contributed by atoms with E-state index in [2.05, 4.69) is 10.4 Å². The fraction of sp³-hybridized carbons (Fsp3) is 0.588. The first-order chi connectivity index (χ1) is 11.5. The second kappa shape index (κ2) is 8.80. The number of allylic oxidation sites excluding steroid dienone is 1. The molecule has 142 valence electrons. The number of nitrogens with two attached hydrogens (primary N) is 1. The Bertz CT molecular complexity index is 582. The average Bonchev–Trinajstić information content (AvgIpc) is 2.50. The Balaban J connectivity index is 3.00. The lowest BCUT2D eigenvalue weighted by molar-refractivity contribution is -0.142. The summed E-state index contributed by atoms with van der Waals surface area (Å²) >= 11 is 1.50. The molecule has 3 N–H and O–H groups in total. The molecular weight excluding hydrogens is 349 g/mol. The second-order valence-corrected chi connectivity index (χ2v) is 7.73. The predicted octanol–water partition coefficient (Wildman–Crippen LogP) is 3.83. The van der Waals surface area contributed by atoms with Crippen molar-refractivity contribution in [1.82, 2.24) is 15.4 Å². The van der Waals surface area contributed by atoms with Crippen molar-refractivity contribution in [2.75, 3.05) is 25.6 Å². The number of alkyl halides is 3. The van der Waals surface area contributed by atoms with Gasteiger partial charge in [-0.15, -0.1) is 0 Å². The third kappa shape index (κ3) is 6.11. The molecule has 0 aliphatic heterocycles. The highest BCUT2D eigenvalue weighted by Gasteiger charge is 2.37. The molecule has 0 unspecified atom stereocenters. The van der Waals surface area contributed by atoms with Gasteiger partial charge >= 0.3 is 6.18 Å². The lowest BCUT2D eigenvalue weighted by atomic mass is 9.92. The Morgan fingerprint density at radius 3 is 2.52 bits per heavy atom. The molecule has 0 radical (unpaired) electrons. The number of thioether (sulfide) groups is 1. The number of hydrazine groups is 1. The number of aromatic nitrogens is 1. The van der Waals surface area contributed by atoms with E-state index in [1.165, 1.54) is 30.2 Å². The molecule has 1 aromatic heterocycles. The summed E-state index contributed by atoms with van der Waals surface area (Å²) in [6, 6.07) is 3.05. The van der Waals surface area contributed by atoms with Crippen molar-refractivity contribution in [3.05, 3.63) is 41.5 Å². The first-order valence-corrected chi connectivity index (χ1v) is 9.32. The first kappa shape index (κ1) is 21.6. The predicted molar refractivity (Wildman–Crippen MR) is 97.9 cm³/mol. The summed E-state index contributed by atoms with van der Waals surface area (Å²) in [6.45, 7) is 6.41. The van der Waals surface area contributed by atoms with Gasteiger partial charge in [-0.3, -0.25) is 4.98 Å². The molecule has 0 spiro atoms. The van der Waals surface area contributed by atoms with Crippen LogP contribution in [0, 0.1) is 5.41 Å². The normalized spacial score (nSPS) is 14.5. The van der Waals surface area contributed by atoms with Gasteiger partial charge in [0.05, 0.1) is 0 Å². The van der Waals surface area contributed by atoms with Gasteiger partial charge in [0.1, 0.15) is 5.69 Å². The third-order valence-corrected chi connectivity index (χ3v) is 4.51. The summed E-state index contributed by atoms with van der Waals surface area (Å²) < 4.78 is 39.8. The minimum atomic E-state index is -4.47. The molecule has 0 fully saturated rings. The molecule has 0 bridgehead atoms. The van der Waals surface area contributed by atoms with Gasteiger partial charge < -0.3 is 10.7 Å². The zero-order valence-corrected chi connectivity index (χ0v) is 16.1. The number of hydrogen-bond acceptors (Lipinski definition) is 5. The van der Waals surface area contributed by atoms with Crippen LogP contribution >= 0.6 is 11.8 Å². The molecule has 1 heterocycles. The zero-order chi connectivity index (χ0) is 19.3. The SMILES string of the molecule is CSC[C@@H](CNN(C)/C(=C\N)C(C)(C)C)c1cccnc1C(F)(F)F. The van der Waals surface area contributed by atoms with Crippen LogP contribution < -0.4 is 11.2 Å². The highest BCUT2D eigenvalue weighted by atomic mass is 32.2. The Morgan fingerprint density at radius 1 is 1.40 bits per heavy atom. The Kier molecular flexibility index (Phi) is 7.62. The van der Waals surface area contributed by atoms with E-state index in [0.29, 0.717) is 12.3 Å². The molecule has 0 aromatic carbocycles. The Hall–Kier alpha value is -1.41. The van der Waals surface area contributed by atoms with E-state index in [1.54, 1.807) is 11.1 Å². The summed E-state index contributed by atoms with van der Waals surface area (Å²) in [7, 11) is 1.81. The van der Waals surface area contributed by atoms with Crippen LogP contribution in [0.15, 0.2) is 30.2 Å². The molecule has 25 heavy (non-hydrogen) atoms. The monoisotopic (exact) mass is 376 g/mol. The largest absolute Gasteiger partial charge is 0.433 e. The molecule has 0 saturated carbocycles. The van der Waals surface area contributed by atoms with Crippen molar-refractivity contribution in [3.8, 4) is 0 Å². The van der Waals surface area contributed by atoms with Crippen LogP contribution in [0.1, 0.15) is 37.9 Å².